The summed E-state index contributed by atoms with van der Waals surface area (Å²) in [5.74, 6) is -0.977. The number of nitrogens with zero attached hydrogens (tertiary/aromatic N) is 2. The highest BCUT2D eigenvalue weighted by Gasteiger charge is 2.25. The Labute approximate surface area is 110 Å². The quantitative estimate of drug-likeness (QED) is 0.792. The number of hydrogen-bond donors (Lipinski definition) is 0. The van der Waals surface area contributed by atoms with E-state index in [1.807, 2.05) is 37.4 Å². The molecule has 0 saturated carbocycles. The van der Waals surface area contributed by atoms with Gasteiger partial charge in [0.05, 0.1) is 6.07 Å². The molecule has 2 aromatic rings. The fourth-order valence-electron chi connectivity index (χ4n) is 1.74. The minimum absolute atomic E-state index is 0.176. The van der Waals surface area contributed by atoms with E-state index in [0.29, 0.717) is 10.6 Å². The first kappa shape index (κ1) is 12.5. The zero-order chi connectivity index (χ0) is 13.1. The first-order chi connectivity index (χ1) is 8.63. The van der Waals surface area contributed by atoms with E-state index in [0.717, 1.165) is 11.3 Å². The van der Waals surface area contributed by atoms with E-state index < -0.39 is 5.92 Å². The largest absolute Gasteiger partial charge is 0.292 e. The van der Waals surface area contributed by atoms with Gasteiger partial charge in [-0.2, -0.15) is 5.26 Å². The first-order valence-corrected chi connectivity index (χ1v) is 6.43. The minimum Gasteiger partial charge on any atom is -0.292 e. The van der Waals surface area contributed by atoms with Crippen molar-refractivity contribution in [1.82, 2.24) is 4.98 Å². The number of Topliss-reactive ketones (excluding diaryl/α,β-unsaturated/α-hetero) is 1. The molecule has 2 rings (SSSR count). The van der Waals surface area contributed by atoms with Crippen LogP contribution in [0.3, 0.4) is 0 Å². The third-order valence-electron chi connectivity index (χ3n) is 2.69. The van der Waals surface area contributed by atoms with Crippen LogP contribution in [-0.2, 0) is 0 Å². The van der Waals surface area contributed by atoms with Gasteiger partial charge in [-0.1, -0.05) is 24.3 Å². The lowest BCUT2D eigenvalue weighted by Crippen LogP contribution is -2.12. The molecule has 0 fully saturated rings. The molecule has 0 saturated heterocycles. The number of ketones is 1. The van der Waals surface area contributed by atoms with E-state index in [9.17, 15) is 10.1 Å². The minimum atomic E-state index is -0.801. The maximum absolute atomic E-state index is 12.4. The number of hydrogen-bond acceptors (Lipinski definition) is 4. The van der Waals surface area contributed by atoms with E-state index in [4.69, 9.17) is 0 Å². The van der Waals surface area contributed by atoms with Crippen molar-refractivity contribution in [2.45, 2.75) is 19.8 Å². The summed E-state index contributed by atoms with van der Waals surface area (Å²) in [7, 11) is 0. The van der Waals surface area contributed by atoms with Crippen LogP contribution in [0.2, 0.25) is 0 Å². The Morgan fingerprint density at radius 3 is 2.67 bits per heavy atom. The maximum atomic E-state index is 12.4. The lowest BCUT2D eigenvalue weighted by atomic mass is 9.96. The van der Waals surface area contributed by atoms with Crippen LogP contribution in [0, 0.1) is 25.2 Å². The molecule has 1 aromatic carbocycles. The molecule has 18 heavy (non-hydrogen) atoms. The molecule has 0 aliphatic rings. The van der Waals surface area contributed by atoms with Gasteiger partial charge < -0.3 is 0 Å². The van der Waals surface area contributed by atoms with Gasteiger partial charge in [-0.3, -0.25) is 4.79 Å². The molecule has 90 valence electrons. The fraction of sp³-hybridized carbons (Fsp3) is 0.214. The fourth-order valence-corrected chi connectivity index (χ4v) is 2.57. The summed E-state index contributed by atoms with van der Waals surface area (Å²) in [5.41, 5.74) is 2.32. The summed E-state index contributed by atoms with van der Waals surface area (Å²) in [4.78, 5) is 16.6. The number of nitriles is 1. The van der Waals surface area contributed by atoms with E-state index in [-0.39, 0.29) is 5.78 Å². The third kappa shape index (κ3) is 2.31. The Morgan fingerprint density at radius 2 is 2.11 bits per heavy atom. The predicted octanol–water partition coefficient (Wildman–Crippen LogP) is 3.25. The van der Waals surface area contributed by atoms with Gasteiger partial charge in [-0.25, -0.2) is 4.98 Å². The highest BCUT2D eigenvalue weighted by Crippen LogP contribution is 2.24. The number of benzene rings is 1. The Hall–Kier alpha value is -1.99. The summed E-state index contributed by atoms with van der Waals surface area (Å²) >= 11 is 1.36. The molecule has 1 aromatic heterocycles. The Morgan fingerprint density at radius 1 is 1.39 bits per heavy atom. The van der Waals surface area contributed by atoms with Gasteiger partial charge in [0.2, 0.25) is 0 Å². The molecule has 0 bridgehead atoms. The Bertz CT molecular complexity index is 625. The molecule has 0 aliphatic carbocycles. The number of aryl methyl sites for hydroxylation is 2. The van der Waals surface area contributed by atoms with Gasteiger partial charge in [0.15, 0.2) is 11.7 Å². The zero-order valence-electron chi connectivity index (χ0n) is 10.2. The van der Waals surface area contributed by atoms with Crippen LogP contribution in [-0.4, -0.2) is 10.8 Å². The Kier molecular flexibility index (Phi) is 3.54. The molecule has 1 atom stereocenters. The SMILES string of the molecule is Cc1csc(C(C#N)C(=O)c2ccccc2C)n1. The molecule has 0 spiro atoms. The lowest BCUT2D eigenvalue weighted by Gasteiger charge is -2.07. The molecular formula is C14H12N2OS. The van der Waals surface area contributed by atoms with Crippen molar-refractivity contribution in [3.05, 3.63) is 51.5 Å². The Balaban J connectivity index is 2.38. The molecule has 3 nitrogen and oxygen atoms in total. The summed E-state index contributed by atoms with van der Waals surface area (Å²) in [6.45, 7) is 3.72. The molecule has 0 amide bonds. The second-order valence-electron chi connectivity index (χ2n) is 4.07. The van der Waals surface area contributed by atoms with Gasteiger partial charge in [0.25, 0.3) is 0 Å². The second-order valence-corrected chi connectivity index (χ2v) is 4.96. The average Bonchev–Trinajstić information content (AvgIpc) is 2.77. The molecule has 4 heteroatoms. The van der Waals surface area contributed by atoms with Gasteiger partial charge in [-0.05, 0) is 19.4 Å². The number of carbonyl (C=O) groups is 1. The summed E-state index contributed by atoms with van der Waals surface area (Å²) in [6, 6.07) is 9.36. The maximum Gasteiger partial charge on any atom is 0.187 e. The summed E-state index contributed by atoms with van der Waals surface area (Å²) < 4.78 is 0. The molecule has 1 heterocycles. The highest BCUT2D eigenvalue weighted by molar-refractivity contribution is 7.10. The average molecular weight is 256 g/mol. The van der Waals surface area contributed by atoms with Gasteiger partial charge in [-0.15, -0.1) is 11.3 Å². The predicted molar refractivity (Wildman–Crippen MR) is 70.7 cm³/mol. The monoisotopic (exact) mass is 256 g/mol. The second kappa shape index (κ2) is 5.11. The standard InChI is InChI=1S/C14H12N2OS/c1-9-5-3-4-6-11(9)13(17)12(7-15)14-16-10(2)8-18-14/h3-6,8,12H,1-2H3. The van der Waals surface area contributed by atoms with Crippen molar-refractivity contribution in [1.29, 1.82) is 5.26 Å². The summed E-state index contributed by atoms with van der Waals surface area (Å²) in [5, 5.41) is 11.6. The first-order valence-electron chi connectivity index (χ1n) is 5.55. The number of carbonyl (C=O) groups excluding carboxylic acids is 1. The van der Waals surface area contributed by atoms with E-state index in [2.05, 4.69) is 11.1 Å². The van der Waals surface area contributed by atoms with Crippen LogP contribution in [0.25, 0.3) is 0 Å². The molecule has 0 N–H and O–H groups in total. The van der Waals surface area contributed by atoms with Gasteiger partial charge in [0, 0.05) is 16.6 Å². The van der Waals surface area contributed by atoms with Gasteiger partial charge >= 0.3 is 0 Å². The topological polar surface area (TPSA) is 53.8 Å². The molecule has 0 radical (unpaired) electrons. The van der Waals surface area contributed by atoms with Crippen molar-refractivity contribution in [2.24, 2.45) is 0 Å². The number of rotatable bonds is 3. The van der Waals surface area contributed by atoms with E-state index in [1.54, 1.807) is 6.07 Å². The zero-order valence-corrected chi connectivity index (χ0v) is 11.0. The lowest BCUT2D eigenvalue weighted by molar-refractivity contribution is 0.0978. The normalized spacial score (nSPS) is 11.8. The number of thiazole rings is 1. The van der Waals surface area contributed by atoms with E-state index >= 15 is 0 Å². The molecule has 0 aliphatic heterocycles. The van der Waals surface area contributed by atoms with Crippen molar-refractivity contribution in [3.63, 3.8) is 0 Å². The molecule has 1 unspecified atom stereocenters. The van der Waals surface area contributed by atoms with Crippen LogP contribution in [0.4, 0.5) is 0 Å². The van der Waals surface area contributed by atoms with Crippen molar-refractivity contribution < 1.29 is 4.79 Å². The van der Waals surface area contributed by atoms with Crippen LogP contribution in [0.1, 0.15) is 32.5 Å². The molecular weight excluding hydrogens is 244 g/mol. The van der Waals surface area contributed by atoms with Crippen LogP contribution in [0.5, 0.6) is 0 Å². The van der Waals surface area contributed by atoms with Gasteiger partial charge in [0.1, 0.15) is 5.01 Å². The summed E-state index contributed by atoms with van der Waals surface area (Å²) in [6.07, 6.45) is 0. The third-order valence-corrected chi connectivity index (χ3v) is 3.71. The van der Waals surface area contributed by atoms with Crippen molar-refractivity contribution >= 4 is 17.1 Å². The smallest absolute Gasteiger partial charge is 0.187 e. The van der Waals surface area contributed by atoms with Crippen LogP contribution < -0.4 is 0 Å². The van der Waals surface area contributed by atoms with Crippen LogP contribution in [0.15, 0.2) is 29.6 Å². The van der Waals surface area contributed by atoms with Crippen molar-refractivity contribution in [3.8, 4) is 6.07 Å². The van der Waals surface area contributed by atoms with Crippen molar-refractivity contribution in [2.75, 3.05) is 0 Å². The highest BCUT2D eigenvalue weighted by atomic mass is 32.1. The number of aromatic nitrogens is 1. The van der Waals surface area contributed by atoms with E-state index in [1.165, 1.54) is 11.3 Å². The van der Waals surface area contributed by atoms with Crippen LogP contribution >= 0.6 is 11.3 Å².